The number of hydrogen-bond donors (Lipinski definition) is 2. The fourth-order valence-electron chi connectivity index (χ4n) is 1.95. The minimum absolute atomic E-state index is 0.0297. The fourth-order valence-corrected chi connectivity index (χ4v) is 1.95. The summed E-state index contributed by atoms with van der Waals surface area (Å²) in [7, 11) is 1.65. The molecule has 2 aromatic rings. The smallest absolute Gasteiger partial charge is 0.120 e. The highest BCUT2D eigenvalue weighted by Gasteiger charge is 2.12. The zero-order valence-corrected chi connectivity index (χ0v) is 11.0. The molecule has 4 nitrogen and oxygen atoms in total. The van der Waals surface area contributed by atoms with Gasteiger partial charge in [-0.25, -0.2) is 0 Å². The van der Waals surface area contributed by atoms with Crippen LogP contribution in [0.15, 0.2) is 47.1 Å². The average Bonchev–Trinajstić information content (AvgIpc) is 2.98. The molecule has 0 amide bonds. The van der Waals surface area contributed by atoms with E-state index in [4.69, 9.17) is 14.3 Å². The number of aliphatic hydroxyl groups is 1. The van der Waals surface area contributed by atoms with Crippen LogP contribution in [-0.4, -0.2) is 18.8 Å². The number of ether oxygens (including phenoxy) is 1. The lowest BCUT2D eigenvalue weighted by molar-refractivity contribution is 0.254. The van der Waals surface area contributed by atoms with Crippen molar-refractivity contribution in [2.24, 2.45) is 0 Å². The summed E-state index contributed by atoms with van der Waals surface area (Å²) in [6.45, 7) is 0.844. The van der Waals surface area contributed by atoms with E-state index in [0.717, 1.165) is 23.6 Å². The van der Waals surface area contributed by atoms with Gasteiger partial charge in [0.25, 0.3) is 0 Å². The molecule has 102 valence electrons. The lowest BCUT2D eigenvalue weighted by Crippen LogP contribution is -2.21. The lowest BCUT2D eigenvalue weighted by Gasteiger charge is -2.15. The van der Waals surface area contributed by atoms with E-state index < -0.39 is 0 Å². The van der Waals surface area contributed by atoms with Gasteiger partial charge in [-0.3, -0.25) is 0 Å². The summed E-state index contributed by atoms with van der Waals surface area (Å²) in [5, 5.41) is 12.5. The van der Waals surface area contributed by atoms with E-state index in [1.165, 1.54) is 0 Å². The summed E-state index contributed by atoms with van der Waals surface area (Å²) >= 11 is 0. The second kappa shape index (κ2) is 6.97. The quantitative estimate of drug-likeness (QED) is 0.804. The zero-order valence-electron chi connectivity index (χ0n) is 11.0. The first-order valence-electron chi connectivity index (χ1n) is 6.34. The Bertz CT molecular complexity index is 465. The molecule has 0 radical (unpaired) electrons. The number of aliphatic hydroxyl groups excluding tert-OH is 1. The van der Waals surface area contributed by atoms with Gasteiger partial charge in [0.1, 0.15) is 11.5 Å². The molecule has 0 bridgehead atoms. The molecule has 0 aliphatic rings. The van der Waals surface area contributed by atoms with Gasteiger partial charge in [-0.05, 0) is 36.2 Å². The van der Waals surface area contributed by atoms with Crippen molar-refractivity contribution in [3.63, 3.8) is 0 Å². The molecule has 0 fully saturated rings. The fraction of sp³-hybridized carbons (Fsp3) is 0.333. The Balaban J connectivity index is 1.94. The molecule has 1 aromatic carbocycles. The van der Waals surface area contributed by atoms with Gasteiger partial charge >= 0.3 is 0 Å². The van der Waals surface area contributed by atoms with Crippen LogP contribution in [0.2, 0.25) is 0 Å². The maximum Gasteiger partial charge on any atom is 0.120 e. The van der Waals surface area contributed by atoms with E-state index in [9.17, 15) is 0 Å². The van der Waals surface area contributed by atoms with E-state index in [0.29, 0.717) is 6.42 Å². The Morgan fingerprint density at radius 2 is 2.05 bits per heavy atom. The highest BCUT2D eigenvalue weighted by Crippen LogP contribution is 2.18. The molecule has 1 heterocycles. The number of hydrogen-bond acceptors (Lipinski definition) is 4. The topological polar surface area (TPSA) is 54.6 Å². The second-order valence-electron chi connectivity index (χ2n) is 4.31. The molecule has 0 unspecified atom stereocenters. The van der Waals surface area contributed by atoms with Gasteiger partial charge < -0.3 is 19.6 Å². The van der Waals surface area contributed by atoms with Crippen LogP contribution >= 0.6 is 0 Å². The largest absolute Gasteiger partial charge is 0.497 e. The van der Waals surface area contributed by atoms with Crippen LogP contribution in [0.4, 0.5) is 0 Å². The van der Waals surface area contributed by atoms with Crippen molar-refractivity contribution in [2.75, 3.05) is 13.7 Å². The van der Waals surface area contributed by atoms with Crippen LogP contribution in [0.3, 0.4) is 0 Å². The van der Waals surface area contributed by atoms with E-state index in [1.807, 2.05) is 36.4 Å². The number of methoxy groups -OCH3 is 1. The Hall–Kier alpha value is -1.78. The van der Waals surface area contributed by atoms with Crippen molar-refractivity contribution < 1.29 is 14.3 Å². The first kappa shape index (κ1) is 13.6. The zero-order chi connectivity index (χ0) is 13.5. The molecular weight excluding hydrogens is 242 g/mol. The molecule has 4 heteroatoms. The minimum Gasteiger partial charge on any atom is -0.497 e. The Kier molecular flexibility index (Phi) is 5.01. The van der Waals surface area contributed by atoms with E-state index in [-0.39, 0.29) is 12.6 Å². The van der Waals surface area contributed by atoms with Crippen molar-refractivity contribution in [2.45, 2.75) is 19.0 Å². The molecule has 1 aromatic heterocycles. The summed E-state index contributed by atoms with van der Waals surface area (Å²) in [6.07, 6.45) is 2.28. The standard InChI is InChI=1S/C15H19NO3/c1-18-13-6-4-12(5-7-13)11-16-14(8-9-17)15-3-2-10-19-15/h2-7,10,14,16-17H,8-9,11H2,1H3/t14-/m1/s1. The van der Waals surface area contributed by atoms with Crippen LogP contribution in [0.5, 0.6) is 5.75 Å². The van der Waals surface area contributed by atoms with Crippen LogP contribution in [0, 0.1) is 0 Å². The van der Waals surface area contributed by atoms with Gasteiger partial charge in [-0.2, -0.15) is 0 Å². The number of benzene rings is 1. The minimum atomic E-state index is 0.0297. The number of rotatable bonds is 7. The average molecular weight is 261 g/mol. The molecule has 1 atom stereocenters. The van der Waals surface area contributed by atoms with Gasteiger partial charge in [-0.1, -0.05) is 12.1 Å². The van der Waals surface area contributed by atoms with Crippen molar-refractivity contribution >= 4 is 0 Å². The van der Waals surface area contributed by atoms with E-state index in [2.05, 4.69) is 5.32 Å². The monoisotopic (exact) mass is 261 g/mol. The predicted molar refractivity (Wildman–Crippen MR) is 73.0 cm³/mol. The van der Waals surface area contributed by atoms with Crippen LogP contribution in [-0.2, 0) is 6.54 Å². The highest BCUT2D eigenvalue weighted by molar-refractivity contribution is 5.27. The normalized spacial score (nSPS) is 12.3. The SMILES string of the molecule is COc1ccc(CN[C@H](CCO)c2ccco2)cc1. The van der Waals surface area contributed by atoms with Crippen LogP contribution in [0.25, 0.3) is 0 Å². The van der Waals surface area contributed by atoms with E-state index in [1.54, 1.807) is 13.4 Å². The predicted octanol–water partition coefficient (Wildman–Crippen LogP) is 2.50. The van der Waals surface area contributed by atoms with Gasteiger partial charge in [-0.15, -0.1) is 0 Å². The lowest BCUT2D eigenvalue weighted by atomic mass is 10.1. The third-order valence-electron chi connectivity index (χ3n) is 3.02. The van der Waals surface area contributed by atoms with Crippen LogP contribution < -0.4 is 10.1 Å². The molecule has 0 saturated carbocycles. The molecule has 0 saturated heterocycles. The van der Waals surface area contributed by atoms with Crippen molar-refractivity contribution in [3.8, 4) is 5.75 Å². The van der Waals surface area contributed by atoms with Gasteiger partial charge in [0.15, 0.2) is 0 Å². The molecule has 0 aliphatic carbocycles. The van der Waals surface area contributed by atoms with Gasteiger partial charge in [0.05, 0.1) is 19.4 Å². The molecule has 0 spiro atoms. The third kappa shape index (κ3) is 3.84. The van der Waals surface area contributed by atoms with Gasteiger partial charge in [0, 0.05) is 13.2 Å². The molecule has 2 N–H and O–H groups in total. The first-order valence-corrected chi connectivity index (χ1v) is 6.34. The summed E-state index contributed by atoms with van der Waals surface area (Å²) < 4.78 is 10.5. The summed E-state index contributed by atoms with van der Waals surface area (Å²) in [6, 6.07) is 11.7. The summed E-state index contributed by atoms with van der Waals surface area (Å²) in [5.74, 6) is 1.70. The highest BCUT2D eigenvalue weighted by atomic mass is 16.5. The Morgan fingerprint density at radius 3 is 2.63 bits per heavy atom. The van der Waals surface area contributed by atoms with Crippen LogP contribution in [0.1, 0.15) is 23.8 Å². The Morgan fingerprint density at radius 1 is 1.26 bits per heavy atom. The molecule has 2 rings (SSSR count). The van der Waals surface area contributed by atoms with E-state index >= 15 is 0 Å². The first-order chi connectivity index (χ1) is 9.33. The Labute approximate surface area is 113 Å². The molecule has 0 aliphatic heterocycles. The molecular formula is C15H19NO3. The summed E-state index contributed by atoms with van der Waals surface area (Å²) in [5.41, 5.74) is 1.16. The number of furan rings is 1. The van der Waals surface area contributed by atoms with Crippen molar-refractivity contribution in [3.05, 3.63) is 54.0 Å². The maximum atomic E-state index is 9.10. The van der Waals surface area contributed by atoms with Crippen molar-refractivity contribution in [1.29, 1.82) is 0 Å². The second-order valence-corrected chi connectivity index (χ2v) is 4.31. The third-order valence-corrected chi connectivity index (χ3v) is 3.02. The van der Waals surface area contributed by atoms with Crippen molar-refractivity contribution in [1.82, 2.24) is 5.32 Å². The molecule has 19 heavy (non-hydrogen) atoms. The van der Waals surface area contributed by atoms with Gasteiger partial charge in [0.2, 0.25) is 0 Å². The maximum absolute atomic E-state index is 9.10. The summed E-state index contributed by atoms with van der Waals surface area (Å²) in [4.78, 5) is 0. The number of nitrogens with one attached hydrogen (secondary N) is 1.